The first kappa shape index (κ1) is 44.8. The van der Waals surface area contributed by atoms with Gasteiger partial charge in [0, 0.05) is 75.1 Å². The standard InChI is InChI=1S/C40H52FN9O8S2/c41-60(54,55)32-8-5-28(6-9-32)7-10-37(52)50-27-31(42)21-34(50)39(53)43-11-14-56-16-18-58-19-17-57-15-12-44-40-45-23-29(24-46-40)25-49-13-1-3-30(26-49)38-47-33(22-36(51)48-38)35-4-2-20-59-35/h2,4-6,8-9,20,22-24,30-31,34H,1,3,7,10-19,21,25-27,42H2,(H,43,53)(H,44,45,46)(H,47,48,51)/t30?,31-,34-/m0/s1. The summed E-state index contributed by atoms with van der Waals surface area (Å²) in [5.74, 6) is 0.851. The maximum atomic E-state index is 13.1. The Morgan fingerprint density at radius 3 is 2.38 bits per heavy atom. The van der Waals surface area contributed by atoms with E-state index in [1.54, 1.807) is 17.4 Å². The SMILES string of the molecule is N[C@H]1C[C@@H](C(=O)NCCOCCOCCOCCNc2ncc(CN3CCCC(c4nc(-c5cccs5)cc(=O)[nH]4)C3)cn2)N(C(=O)CCc2ccc(S(=O)(=O)F)cc2)C1. The number of rotatable bonds is 22. The molecule has 2 fully saturated rings. The average Bonchev–Trinajstić information content (AvgIpc) is 3.93. The first-order valence-corrected chi connectivity index (χ1v) is 22.3. The number of likely N-dealkylation sites (tertiary alicyclic amines) is 2. The van der Waals surface area contributed by atoms with E-state index in [4.69, 9.17) is 24.9 Å². The van der Waals surface area contributed by atoms with Crippen LogP contribution in [0.1, 0.15) is 48.6 Å². The molecule has 0 aliphatic carbocycles. The Hall–Kier alpha value is -4.70. The lowest BCUT2D eigenvalue weighted by Gasteiger charge is -2.32. The maximum Gasteiger partial charge on any atom is 0.332 e. The summed E-state index contributed by atoms with van der Waals surface area (Å²) in [6.07, 6.45) is 6.36. The molecule has 0 radical (unpaired) electrons. The van der Waals surface area contributed by atoms with Crippen molar-refractivity contribution in [3.8, 4) is 10.6 Å². The number of carbonyl (C=O) groups is 2. The van der Waals surface area contributed by atoms with Gasteiger partial charge < -0.3 is 40.5 Å². The summed E-state index contributed by atoms with van der Waals surface area (Å²) in [7, 11) is -4.79. The largest absolute Gasteiger partial charge is 0.377 e. The van der Waals surface area contributed by atoms with E-state index in [9.17, 15) is 26.7 Å². The smallest absolute Gasteiger partial charge is 0.332 e. The molecule has 4 aromatic rings. The van der Waals surface area contributed by atoms with E-state index in [0.717, 1.165) is 60.0 Å². The van der Waals surface area contributed by atoms with Gasteiger partial charge in [0.15, 0.2) is 0 Å². The minimum absolute atomic E-state index is 0.0906. The Bertz CT molecular complexity index is 2140. The Kier molecular flexibility index (Phi) is 16.6. The number of anilines is 1. The van der Waals surface area contributed by atoms with Gasteiger partial charge in [-0.3, -0.25) is 19.3 Å². The number of aromatic amines is 1. The molecule has 2 amide bonds. The molecule has 1 aromatic carbocycles. The van der Waals surface area contributed by atoms with Crippen molar-refractivity contribution in [3.05, 3.63) is 87.5 Å². The highest BCUT2D eigenvalue weighted by atomic mass is 32.3. The number of hydrogen-bond acceptors (Lipinski definition) is 15. The molecule has 5 N–H and O–H groups in total. The van der Waals surface area contributed by atoms with Gasteiger partial charge in [0.25, 0.3) is 5.56 Å². The lowest BCUT2D eigenvalue weighted by atomic mass is 9.96. The van der Waals surface area contributed by atoms with Crippen molar-refractivity contribution in [1.29, 1.82) is 0 Å². The highest BCUT2D eigenvalue weighted by Crippen LogP contribution is 2.28. The fraction of sp³-hybridized carbons (Fsp3) is 0.500. The van der Waals surface area contributed by atoms with E-state index in [1.807, 2.05) is 29.9 Å². The van der Waals surface area contributed by atoms with Gasteiger partial charge in [0.1, 0.15) is 11.9 Å². The molecule has 2 aliphatic heterocycles. The summed E-state index contributed by atoms with van der Waals surface area (Å²) < 4.78 is 52.0. The second-order valence-electron chi connectivity index (χ2n) is 14.7. The summed E-state index contributed by atoms with van der Waals surface area (Å²) in [5.41, 5.74) is 8.34. The lowest BCUT2D eigenvalue weighted by molar-refractivity contribution is -0.138. The highest BCUT2D eigenvalue weighted by Gasteiger charge is 2.37. The minimum atomic E-state index is -4.79. The highest BCUT2D eigenvalue weighted by molar-refractivity contribution is 7.86. The average molecular weight is 870 g/mol. The Morgan fingerprint density at radius 2 is 1.68 bits per heavy atom. The van der Waals surface area contributed by atoms with Gasteiger partial charge in [-0.2, -0.15) is 8.42 Å². The summed E-state index contributed by atoms with van der Waals surface area (Å²) >= 11 is 1.57. The van der Waals surface area contributed by atoms with Crippen molar-refractivity contribution < 1.29 is 36.1 Å². The number of halogens is 1. The van der Waals surface area contributed by atoms with Crippen molar-refractivity contribution in [2.45, 2.75) is 61.5 Å². The quantitative estimate of drug-likeness (QED) is 0.0659. The number of carbonyl (C=O) groups excluding carboxylic acids is 2. The normalized spacial score (nSPS) is 18.4. The number of H-pyrrole nitrogens is 1. The maximum absolute atomic E-state index is 13.1. The molecule has 0 spiro atoms. The molecule has 6 rings (SSSR count). The summed E-state index contributed by atoms with van der Waals surface area (Å²) in [6.45, 7) is 5.71. The van der Waals surface area contributed by atoms with Crippen LogP contribution in [0.4, 0.5) is 9.83 Å². The van der Waals surface area contributed by atoms with Gasteiger partial charge in [0.2, 0.25) is 17.8 Å². The number of nitrogens with two attached hydrogens (primary N) is 1. The molecule has 20 heteroatoms. The van der Waals surface area contributed by atoms with Gasteiger partial charge in [0.05, 0.1) is 55.1 Å². The number of aryl methyl sites for hydroxylation is 1. The number of hydrogen-bond donors (Lipinski definition) is 4. The van der Waals surface area contributed by atoms with Gasteiger partial charge in [-0.1, -0.05) is 18.2 Å². The zero-order valence-corrected chi connectivity index (χ0v) is 34.9. The first-order valence-electron chi connectivity index (χ1n) is 20.0. The lowest BCUT2D eigenvalue weighted by Crippen LogP contribution is -2.46. The summed E-state index contributed by atoms with van der Waals surface area (Å²) in [4.78, 5) is 59.3. The van der Waals surface area contributed by atoms with Crippen LogP contribution in [-0.2, 0) is 47.0 Å². The fourth-order valence-corrected chi connectivity index (χ4v) is 8.32. The zero-order chi connectivity index (χ0) is 42.3. The number of nitrogens with one attached hydrogen (secondary N) is 3. The second kappa shape index (κ2) is 22.2. The second-order valence-corrected chi connectivity index (χ2v) is 17.0. The van der Waals surface area contributed by atoms with E-state index in [2.05, 4.69) is 30.5 Å². The Morgan fingerprint density at radius 1 is 0.967 bits per heavy atom. The van der Waals surface area contributed by atoms with Crippen LogP contribution in [-0.4, -0.2) is 134 Å². The van der Waals surface area contributed by atoms with Gasteiger partial charge in [-0.05, 0) is 61.4 Å². The van der Waals surface area contributed by atoms with Crippen molar-refractivity contribution >= 4 is 39.3 Å². The van der Waals surface area contributed by atoms with E-state index in [-0.39, 0.29) is 55.5 Å². The van der Waals surface area contributed by atoms with Crippen LogP contribution in [0.15, 0.2) is 69.9 Å². The number of thiophene rings is 1. The van der Waals surface area contributed by atoms with Crippen LogP contribution in [0.25, 0.3) is 10.6 Å². The van der Waals surface area contributed by atoms with Crippen molar-refractivity contribution in [3.63, 3.8) is 0 Å². The van der Waals surface area contributed by atoms with Crippen LogP contribution >= 0.6 is 11.3 Å². The molecule has 0 bridgehead atoms. The van der Waals surface area contributed by atoms with Gasteiger partial charge >= 0.3 is 10.2 Å². The molecule has 3 aromatic heterocycles. The fourth-order valence-electron chi connectivity index (χ4n) is 7.18. The third-order valence-corrected chi connectivity index (χ3v) is 11.9. The van der Waals surface area contributed by atoms with Crippen molar-refractivity contribution in [2.75, 3.05) is 77.7 Å². The predicted octanol–water partition coefficient (Wildman–Crippen LogP) is 2.47. The Balaban J connectivity index is 0.771. The minimum Gasteiger partial charge on any atom is -0.377 e. The van der Waals surface area contributed by atoms with Gasteiger partial charge in [-0.15, -0.1) is 15.2 Å². The van der Waals surface area contributed by atoms with E-state index >= 15 is 0 Å². The van der Waals surface area contributed by atoms with E-state index < -0.39 is 21.2 Å². The van der Waals surface area contributed by atoms with E-state index in [1.165, 1.54) is 17.0 Å². The predicted molar refractivity (Wildman–Crippen MR) is 223 cm³/mol. The molecule has 2 aliphatic rings. The topological polar surface area (TPSA) is 224 Å². The third-order valence-electron chi connectivity index (χ3n) is 10.1. The number of amides is 2. The van der Waals surface area contributed by atoms with E-state index in [0.29, 0.717) is 70.5 Å². The molecule has 324 valence electrons. The number of benzene rings is 1. The molecule has 0 saturated carbocycles. The van der Waals surface area contributed by atoms with Crippen LogP contribution < -0.4 is 21.9 Å². The monoisotopic (exact) mass is 869 g/mol. The number of aromatic nitrogens is 4. The molecule has 2 saturated heterocycles. The zero-order valence-electron chi connectivity index (χ0n) is 33.3. The molecule has 5 heterocycles. The number of ether oxygens (including phenoxy) is 3. The van der Waals surface area contributed by atoms with Crippen LogP contribution in [0.5, 0.6) is 0 Å². The summed E-state index contributed by atoms with van der Waals surface area (Å²) in [5, 5.41) is 7.95. The third kappa shape index (κ3) is 13.7. The van der Waals surface area contributed by atoms with Crippen molar-refractivity contribution in [1.82, 2.24) is 35.1 Å². The van der Waals surface area contributed by atoms with Gasteiger partial charge in [-0.25, -0.2) is 15.0 Å². The summed E-state index contributed by atoms with van der Waals surface area (Å²) in [6, 6.07) is 9.71. The van der Waals surface area contributed by atoms with Crippen LogP contribution in [0.2, 0.25) is 0 Å². The molecule has 60 heavy (non-hydrogen) atoms. The molecule has 3 atom stereocenters. The Labute approximate surface area is 352 Å². The van der Waals surface area contributed by atoms with Crippen molar-refractivity contribution in [2.24, 2.45) is 5.73 Å². The van der Waals surface area contributed by atoms with Crippen LogP contribution in [0.3, 0.4) is 0 Å². The molecular weight excluding hydrogens is 818 g/mol. The number of nitrogens with zero attached hydrogens (tertiary/aromatic N) is 5. The van der Waals surface area contributed by atoms with Crippen LogP contribution in [0, 0.1) is 0 Å². The molecular formula is C40H52FN9O8S2. The first-order chi connectivity index (χ1) is 29.0. The molecule has 17 nitrogen and oxygen atoms in total. The molecule has 1 unspecified atom stereocenters. The number of piperidine rings is 1.